The number of nitrogens with two attached hydrogens (primary N) is 1. The average Bonchev–Trinajstić information content (AvgIpc) is 3.76. The molecule has 220 valence electrons. The Bertz CT molecular complexity index is 1450. The van der Waals surface area contributed by atoms with E-state index in [1.165, 1.54) is 43.5 Å². The third kappa shape index (κ3) is 6.58. The fourth-order valence-electron chi connectivity index (χ4n) is 3.97. The van der Waals surface area contributed by atoms with Gasteiger partial charge in [0.1, 0.15) is 5.82 Å². The number of amides is 1. The first-order valence-electron chi connectivity index (χ1n) is 12.8. The molecule has 1 heterocycles. The van der Waals surface area contributed by atoms with E-state index in [1.54, 1.807) is 13.8 Å². The summed E-state index contributed by atoms with van der Waals surface area (Å²) in [6.07, 6.45) is -3.39. The Morgan fingerprint density at radius 2 is 1.83 bits per heavy atom. The topological polar surface area (TPSA) is 107 Å². The molecule has 7 nitrogen and oxygen atoms in total. The minimum Gasteiger partial charge on any atom is -0.493 e. The van der Waals surface area contributed by atoms with Gasteiger partial charge in [0.15, 0.2) is 11.5 Å². The van der Waals surface area contributed by atoms with E-state index in [1.807, 2.05) is 0 Å². The Kier molecular flexibility index (Phi) is 8.54. The van der Waals surface area contributed by atoms with Crippen LogP contribution in [0.3, 0.4) is 0 Å². The van der Waals surface area contributed by atoms with Gasteiger partial charge in [0.25, 0.3) is 5.91 Å². The maximum Gasteiger partial charge on any atom is 0.424 e. The monoisotopic (exact) mass is 595 g/mol. The van der Waals surface area contributed by atoms with Crippen molar-refractivity contribution >= 4 is 17.5 Å². The Labute approximate surface area is 239 Å². The quantitative estimate of drug-likeness (QED) is 0.267. The van der Waals surface area contributed by atoms with Crippen molar-refractivity contribution in [1.82, 2.24) is 10.3 Å². The highest BCUT2D eigenvalue weighted by atomic mass is 35.5. The molecule has 1 aliphatic carbocycles. The number of pyridine rings is 1. The number of rotatable bonds is 10. The molecule has 0 spiro atoms. The summed E-state index contributed by atoms with van der Waals surface area (Å²) in [4.78, 5) is 17.0. The number of nitrogens with one attached hydrogen (secondary N) is 1. The summed E-state index contributed by atoms with van der Waals surface area (Å²) in [6.45, 7) is 2.24. The zero-order valence-corrected chi connectivity index (χ0v) is 23.4. The molecule has 0 radical (unpaired) electrons. The normalized spacial score (nSPS) is 15.3. The Morgan fingerprint density at radius 3 is 2.41 bits per heavy atom. The number of methoxy groups -OCH3 is 1. The average molecular weight is 596 g/mol. The van der Waals surface area contributed by atoms with Crippen LogP contribution in [0.4, 0.5) is 17.6 Å². The largest absolute Gasteiger partial charge is 0.493 e. The molecule has 1 aliphatic rings. The van der Waals surface area contributed by atoms with Crippen LogP contribution in [-0.4, -0.2) is 48.5 Å². The number of carbonyl (C=O) groups is 1. The predicted octanol–water partition coefficient (Wildman–Crippen LogP) is 5.51. The molecule has 12 heteroatoms. The molecule has 1 saturated carbocycles. The molecule has 0 aliphatic heterocycles. The van der Waals surface area contributed by atoms with Gasteiger partial charge < -0.3 is 25.6 Å². The van der Waals surface area contributed by atoms with E-state index in [0.717, 1.165) is 25.0 Å². The second-order valence-electron chi connectivity index (χ2n) is 10.6. The molecule has 1 fully saturated rings. The number of alkyl halides is 3. The van der Waals surface area contributed by atoms with Gasteiger partial charge in [0.05, 0.1) is 36.2 Å². The third-order valence-corrected chi connectivity index (χ3v) is 7.26. The molecule has 0 saturated heterocycles. The molecular formula is C29H30ClF4N3O4. The molecule has 1 aromatic heterocycles. The van der Waals surface area contributed by atoms with Crippen molar-refractivity contribution in [2.24, 2.45) is 5.73 Å². The summed E-state index contributed by atoms with van der Waals surface area (Å²) < 4.78 is 68.4. The van der Waals surface area contributed by atoms with Gasteiger partial charge >= 0.3 is 6.18 Å². The first kappa shape index (κ1) is 30.5. The molecule has 1 amide bonds. The van der Waals surface area contributed by atoms with Crippen LogP contribution >= 0.6 is 11.6 Å². The number of benzene rings is 2. The summed E-state index contributed by atoms with van der Waals surface area (Å²) in [7, 11) is 1.38. The zero-order chi connectivity index (χ0) is 30.2. The number of hydrogen-bond donors (Lipinski definition) is 3. The number of halogens is 5. The lowest BCUT2D eigenvalue weighted by atomic mass is 9.82. The van der Waals surface area contributed by atoms with E-state index in [-0.39, 0.29) is 40.2 Å². The van der Waals surface area contributed by atoms with Crippen LogP contribution in [0.25, 0.3) is 11.3 Å². The van der Waals surface area contributed by atoms with E-state index in [2.05, 4.69) is 10.3 Å². The van der Waals surface area contributed by atoms with Crippen LogP contribution in [0.15, 0.2) is 48.5 Å². The maximum absolute atomic E-state index is 14.5. The molecular weight excluding hydrogens is 566 g/mol. The van der Waals surface area contributed by atoms with Gasteiger partial charge in [-0.1, -0.05) is 25.4 Å². The fraction of sp³-hybridized carbons (Fsp3) is 0.379. The third-order valence-electron chi connectivity index (χ3n) is 6.97. The van der Waals surface area contributed by atoms with Crippen LogP contribution in [-0.2, 0) is 11.0 Å². The van der Waals surface area contributed by atoms with Gasteiger partial charge in [-0.2, -0.15) is 13.2 Å². The van der Waals surface area contributed by atoms with Crippen LogP contribution in [0.5, 0.6) is 11.5 Å². The van der Waals surface area contributed by atoms with Crippen molar-refractivity contribution in [2.45, 2.75) is 50.0 Å². The lowest BCUT2D eigenvalue weighted by Gasteiger charge is -2.32. The van der Waals surface area contributed by atoms with Gasteiger partial charge in [-0.15, -0.1) is 0 Å². The molecule has 0 bridgehead atoms. The molecule has 1 unspecified atom stereocenters. The van der Waals surface area contributed by atoms with Crippen LogP contribution < -0.4 is 20.5 Å². The Morgan fingerprint density at radius 1 is 1.12 bits per heavy atom. The van der Waals surface area contributed by atoms with Crippen molar-refractivity contribution in [3.8, 4) is 22.8 Å². The highest BCUT2D eigenvalue weighted by Crippen LogP contribution is 2.41. The second-order valence-corrected chi connectivity index (χ2v) is 11.0. The Balaban J connectivity index is 1.71. The number of ether oxygens (including phenoxy) is 2. The van der Waals surface area contributed by atoms with Crippen molar-refractivity contribution in [3.63, 3.8) is 0 Å². The fourth-order valence-corrected chi connectivity index (χ4v) is 4.15. The number of nitrogens with zero attached hydrogens (tertiary/aromatic N) is 1. The van der Waals surface area contributed by atoms with E-state index < -0.39 is 41.2 Å². The standard InChI is InChI=1S/C29H30ClF4N3O4/c1-27(2,14-35)18-12-22(16-4-8-21(31)20(30)10-16)37-25(13-18)28(39,29(32,33)34)15-36-26(38)17-5-9-23(24(11-17)40-3)41-19-6-7-19/h4-5,8-13,19,39H,6-7,14-15,35H2,1-3H3,(H,36,38). The van der Waals surface area contributed by atoms with Crippen LogP contribution in [0.1, 0.15) is 48.3 Å². The number of hydrogen-bond acceptors (Lipinski definition) is 6. The van der Waals surface area contributed by atoms with Crippen molar-refractivity contribution in [3.05, 3.63) is 76.2 Å². The highest BCUT2D eigenvalue weighted by Gasteiger charge is 2.56. The van der Waals surface area contributed by atoms with E-state index in [0.29, 0.717) is 11.3 Å². The molecule has 4 rings (SSSR count). The first-order chi connectivity index (χ1) is 19.2. The molecule has 4 N–H and O–H groups in total. The molecule has 2 aromatic carbocycles. The minimum absolute atomic E-state index is 0.00198. The van der Waals surface area contributed by atoms with Crippen molar-refractivity contribution in [2.75, 3.05) is 20.2 Å². The molecule has 1 atom stereocenters. The van der Waals surface area contributed by atoms with Gasteiger partial charge in [-0.25, -0.2) is 9.37 Å². The van der Waals surface area contributed by atoms with Crippen LogP contribution in [0.2, 0.25) is 5.02 Å². The van der Waals surface area contributed by atoms with E-state index in [4.69, 9.17) is 26.8 Å². The number of aliphatic hydroxyl groups is 1. The minimum atomic E-state index is -5.25. The second kappa shape index (κ2) is 11.5. The van der Waals surface area contributed by atoms with Gasteiger partial charge in [-0.3, -0.25) is 4.79 Å². The summed E-state index contributed by atoms with van der Waals surface area (Å²) in [5.74, 6) is -0.938. The molecule has 3 aromatic rings. The van der Waals surface area contributed by atoms with Crippen molar-refractivity contribution in [1.29, 1.82) is 0 Å². The summed E-state index contributed by atoms with van der Waals surface area (Å²) >= 11 is 5.91. The summed E-state index contributed by atoms with van der Waals surface area (Å²) in [5, 5.41) is 13.1. The van der Waals surface area contributed by atoms with Crippen LogP contribution in [0, 0.1) is 5.82 Å². The summed E-state index contributed by atoms with van der Waals surface area (Å²) in [5.41, 5.74) is 1.27. The number of aromatic nitrogens is 1. The van der Waals surface area contributed by atoms with E-state index >= 15 is 0 Å². The zero-order valence-electron chi connectivity index (χ0n) is 22.6. The summed E-state index contributed by atoms with van der Waals surface area (Å²) in [6, 6.07) is 10.4. The van der Waals surface area contributed by atoms with Crippen molar-refractivity contribution < 1.29 is 36.9 Å². The molecule has 41 heavy (non-hydrogen) atoms. The first-order valence-corrected chi connectivity index (χ1v) is 13.2. The lowest BCUT2D eigenvalue weighted by Crippen LogP contribution is -2.51. The number of carbonyl (C=O) groups excluding carboxylic acids is 1. The van der Waals surface area contributed by atoms with Gasteiger partial charge in [-0.05, 0) is 66.9 Å². The SMILES string of the molecule is COc1cc(C(=O)NCC(O)(c2cc(C(C)(C)CN)cc(-c3ccc(F)c(Cl)c3)n2)C(F)(F)F)ccc1OC1CC1. The van der Waals surface area contributed by atoms with E-state index in [9.17, 15) is 27.5 Å². The Hall–Kier alpha value is -3.41. The smallest absolute Gasteiger partial charge is 0.424 e. The maximum atomic E-state index is 14.5. The lowest BCUT2D eigenvalue weighted by molar-refractivity contribution is -0.265. The van der Waals surface area contributed by atoms with Gasteiger partial charge in [0, 0.05) is 23.1 Å². The predicted molar refractivity (Wildman–Crippen MR) is 146 cm³/mol. The highest BCUT2D eigenvalue weighted by molar-refractivity contribution is 6.31. The van der Waals surface area contributed by atoms with Gasteiger partial charge in [0.2, 0.25) is 5.60 Å².